The van der Waals surface area contributed by atoms with Crippen molar-refractivity contribution in [1.82, 2.24) is 10.2 Å². The standard InChI is InChI=1S/C20H26N2/c1-2-5-18-14-16(8-9-17(18)4-1)15-22(19-6-3-7-19)20-10-12-21-13-11-20/h1-2,4-5,8-9,14,19-21H,3,6-7,10-13,15H2. The van der Waals surface area contributed by atoms with Gasteiger partial charge in [-0.3, -0.25) is 4.90 Å². The topological polar surface area (TPSA) is 15.3 Å². The lowest BCUT2D eigenvalue weighted by Gasteiger charge is -2.44. The van der Waals surface area contributed by atoms with Crippen LogP contribution in [0, 0.1) is 0 Å². The zero-order valence-corrected chi connectivity index (χ0v) is 13.3. The number of piperidine rings is 1. The Morgan fingerprint density at radius 1 is 0.864 bits per heavy atom. The van der Waals surface area contributed by atoms with Crippen LogP contribution in [0.2, 0.25) is 0 Å². The molecule has 22 heavy (non-hydrogen) atoms. The Hall–Kier alpha value is -1.38. The molecular weight excluding hydrogens is 268 g/mol. The van der Waals surface area contributed by atoms with Crippen LogP contribution in [0.15, 0.2) is 42.5 Å². The van der Waals surface area contributed by atoms with Crippen LogP contribution in [0.3, 0.4) is 0 Å². The van der Waals surface area contributed by atoms with E-state index >= 15 is 0 Å². The van der Waals surface area contributed by atoms with Crippen molar-refractivity contribution in [2.24, 2.45) is 0 Å². The summed E-state index contributed by atoms with van der Waals surface area (Å²) in [5.41, 5.74) is 1.48. The van der Waals surface area contributed by atoms with Gasteiger partial charge in [0.15, 0.2) is 0 Å². The minimum atomic E-state index is 0.776. The van der Waals surface area contributed by atoms with Gasteiger partial charge in [-0.15, -0.1) is 0 Å². The van der Waals surface area contributed by atoms with Crippen molar-refractivity contribution in [3.63, 3.8) is 0 Å². The number of fused-ring (bicyclic) bond motifs is 1. The molecule has 0 radical (unpaired) electrons. The third kappa shape index (κ3) is 2.90. The van der Waals surface area contributed by atoms with Crippen LogP contribution in [0.5, 0.6) is 0 Å². The number of hydrogen-bond donors (Lipinski definition) is 1. The van der Waals surface area contributed by atoms with Gasteiger partial charge in [-0.05, 0) is 61.2 Å². The van der Waals surface area contributed by atoms with Gasteiger partial charge in [0.05, 0.1) is 0 Å². The molecule has 2 aromatic carbocycles. The Bertz CT molecular complexity index is 626. The van der Waals surface area contributed by atoms with E-state index in [1.54, 1.807) is 0 Å². The Morgan fingerprint density at radius 2 is 1.59 bits per heavy atom. The van der Waals surface area contributed by atoms with Crippen LogP contribution < -0.4 is 5.32 Å². The predicted octanol–water partition coefficient (Wildman–Crippen LogP) is 3.95. The average molecular weight is 294 g/mol. The quantitative estimate of drug-likeness (QED) is 0.918. The van der Waals surface area contributed by atoms with Crippen LogP contribution in [-0.4, -0.2) is 30.1 Å². The van der Waals surface area contributed by atoms with Crippen LogP contribution in [-0.2, 0) is 6.54 Å². The zero-order chi connectivity index (χ0) is 14.8. The molecule has 2 aliphatic rings. The first-order chi connectivity index (χ1) is 10.9. The molecule has 1 saturated carbocycles. The molecule has 0 bridgehead atoms. The summed E-state index contributed by atoms with van der Waals surface area (Å²) in [6, 6.07) is 17.3. The molecule has 0 aromatic heterocycles. The van der Waals surface area contributed by atoms with Gasteiger partial charge in [-0.1, -0.05) is 42.8 Å². The van der Waals surface area contributed by atoms with Gasteiger partial charge in [-0.25, -0.2) is 0 Å². The molecule has 0 unspecified atom stereocenters. The maximum Gasteiger partial charge on any atom is 0.0239 e. The fraction of sp³-hybridized carbons (Fsp3) is 0.500. The highest BCUT2D eigenvalue weighted by Crippen LogP contribution is 2.31. The van der Waals surface area contributed by atoms with Gasteiger partial charge in [0.2, 0.25) is 0 Å². The highest BCUT2D eigenvalue weighted by molar-refractivity contribution is 5.82. The predicted molar refractivity (Wildman–Crippen MR) is 93.0 cm³/mol. The molecule has 1 aliphatic heterocycles. The van der Waals surface area contributed by atoms with E-state index in [0.717, 1.165) is 18.6 Å². The Balaban J connectivity index is 1.56. The van der Waals surface area contributed by atoms with Crippen molar-refractivity contribution >= 4 is 10.8 Å². The second kappa shape index (κ2) is 6.39. The molecule has 0 atom stereocenters. The smallest absolute Gasteiger partial charge is 0.0239 e. The molecule has 2 nitrogen and oxygen atoms in total. The number of benzene rings is 2. The van der Waals surface area contributed by atoms with Gasteiger partial charge in [-0.2, -0.15) is 0 Å². The SMILES string of the molecule is c1ccc2cc(CN(C3CCC3)C3CCNCC3)ccc2c1. The van der Waals surface area contributed by atoms with Crippen molar-refractivity contribution in [3.05, 3.63) is 48.0 Å². The maximum atomic E-state index is 3.51. The average Bonchev–Trinajstić information content (AvgIpc) is 2.53. The fourth-order valence-corrected chi connectivity index (χ4v) is 3.96. The normalized spacial score (nSPS) is 20.4. The van der Waals surface area contributed by atoms with E-state index < -0.39 is 0 Å². The second-order valence-corrected chi connectivity index (χ2v) is 6.92. The lowest BCUT2D eigenvalue weighted by molar-refractivity contribution is 0.0556. The van der Waals surface area contributed by atoms with Crippen LogP contribution in [0.25, 0.3) is 10.8 Å². The first kappa shape index (κ1) is 14.2. The molecule has 1 aliphatic carbocycles. The molecule has 1 N–H and O–H groups in total. The van der Waals surface area contributed by atoms with Crippen LogP contribution in [0.1, 0.15) is 37.7 Å². The summed E-state index contributed by atoms with van der Waals surface area (Å²) in [7, 11) is 0. The minimum absolute atomic E-state index is 0.776. The van der Waals surface area contributed by atoms with Crippen LogP contribution >= 0.6 is 0 Å². The lowest BCUT2D eigenvalue weighted by Crippen LogP contribution is -2.49. The van der Waals surface area contributed by atoms with Gasteiger partial charge in [0.1, 0.15) is 0 Å². The Labute approximate surface area is 133 Å². The minimum Gasteiger partial charge on any atom is -0.317 e. The molecule has 1 heterocycles. The summed E-state index contributed by atoms with van der Waals surface area (Å²) in [5.74, 6) is 0. The summed E-state index contributed by atoms with van der Waals surface area (Å²) < 4.78 is 0. The van der Waals surface area contributed by atoms with E-state index in [9.17, 15) is 0 Å². The molecule has 2 aromatic rings. The van der Waals surface area contributed by atoms with Gasteiger partial charge < -0.3 is 5.32 Å². The van der Waals surface area contributed by atoms with Gasteiger partial charge >= 0.3 is 0 Å². The highest BCUT2D eigenvalue weighted by atomic mass is 15.2. The summed E-state index contributed by atoms with van der Waals surface area (Å²) in [4.78, 5) is 2.81. The van der Waals surface area contributed by atoms with Crippen molar-refractivity contribution in [2.45, 2.75) is 50.7 Å². The van der Waals surface area contributed by atoms with E-state index in [0.29, 0.717) is 0 Å². The molecule has 1 saturated heterocycles. The summed E-state index contributed by atoms with van der Waals surface area (Å²) >= 11 is 0. The first-order valence-electron chi connectivity index (χ1n) is 8.84. The maximum absolute atomic E-state index is 3.51. The highest BCUT2D eigenvalue weighted by Gasteiger charge is 2.31. The second-order valence-electron chi connectivity index (χ2n) is 6.92. The van der Waals surface area contributed by atoms with E-state index in [2.05, 4.69) is 52.7 Å². The largest absolute Gasteiger partial charge is 0.317 e. The van der Waals surface area contributed by atoms with Crippen molar-refractivity contribution in [1.29, 1.82) is 0 Å². The number of rotatable bonds is 4. The van der Waals surface area contributed by atoms with Crippen molar-refractivity contribution in [2.75, 3.05) is 13.1 Å². The molecule has 116 valence electrons. The Morgan fingerprint density at radius 3 is 2.32 bits per heavy atom. The van der Waals surface area contributed by atoms with Crippen LogP contribution in [0.4, 0.5) is 0 Å². The summed E-state index contributed by atoms with van der Waals surface area (Å²) in [5, 5.41) is 6.23. The summed E-state index contributed by atoms with van der Waals surface area (Å²) in [6.45, 7) is 3.50. The van der Waals surface area contributed by atoms with E-state index in [-0.39, 0.29) is 0 Å². The number of nitrogens with one attached hydrogen (secondary N) is 1. The fourth-order valence-electron chi connectivity index (χ4n) is 3.96. The monoisotopic (exact) mass is 294 g/mol. The number of nitrogens with zero attached hydrogens (tertiary/aromatic N) is 1. The molecule has 4 rings (SSSR count). The third-order valence-electron chi connectivity index (χ3n) is 5.50. The molecular formula is C20H26N2. The lowest BCUT2D eigenvalue weighted by atomic mass is 9.88. The van der Waals surface area contributed by atoms with Crippen molar-refractivity contribution in [3.8, 4) is 0 Å². The van der Waals surface area contributed by atoms with E-state index in [1.165, 1.54) is 61.5 Å². The zero-order valence-electron chi connectivity index (χ0n) is 13.3. The summed E-state index contributed by atoms with van der Waals surface area (Å²) in [6.07, 6.45) is 6.84. The van der Waals surface area contributed by atoms with Gasteiger partial charge in [0.25, 0.3) is 0 Å². The van der Waals surface area contributed by atoms with Crippen molar-refractivity contribution < 1.29 is 0 Å². The molecule has 0 spiro atoms. The number of hydrogen-bond acceptors (Lipinski definition) is 2. The molecule has 2 heteroatoms. The molecule has 2 fully saturated rings. The van der Waals surface area contributed by atoms with E-state index in [4.69, 9.17) is 0 Å². The first-order valence-corrected chi connectivity index (χ1v) is 8.84. The van der Waals surface area contributed by atoms with Gasteiger partial charge in [0, 0.05) is 18.6 Å². The third-order valence-corrected chi connectivity index (χ3v) is 5.50. The molecule has 0 amide bonds. The van der Waals surface area contributed by atoms with E-state index in [1.807, 2.05) is 0 Å². The Kier molecular flexibility index (Phi) is 4.13.